The van der Waals surface area contributed by atoms with Crippen LogP contribution in [0, 0.1) is 0 Å². The Hall–Kier alpha value is -2.73. The molecule has 6 heteroatoms. The molecule has 0 aromatic carbocycles. The molecule has 6 nitrogen and oxygen atoms in total. The second kappa shape index (κ2) is 7.48. The summed E-state index contributed by atoms with van der Waals surface area (Å²) in [5, 5.41) is 0. The summed E-state index contributed by atoms with van der Waals surface area (Å²) in [7, 11) is 1.82. The molecule has 0 aliphatic carbocycles. The van der Waals surface area contributed by atoms with Crippen molar-refractivity contribution in [1.82, 2.24) is 24.2 Å². The van der Waals surface area contributed by atoms with Gasteiger partial charge in [0.1, 0.15) is 5.82 Å². The number of nitrogens with zero attached hydrogens (tertiary/aromatic N) is 5. The van der Waals surface area contributed by atoms with E-state index in [1.165, 1.54) is 0 Å². The highest BCUT2D eigenvalue weighted by Gasteiger charge is 2.31. The normalized spacial score (nSPS) is 17.5. The van der Waals surface area contributed by atoms with Crippen LogP contribution in [-0.2, 0) is 6.54 Å². The van der Waals surface area contributed by atoms with Crippen LogP contribution in [0.2, 0.25) is 0 Å². The number of rotatable bonds is 5. The summed E-state index contributed by atoms with van der Waals surface area (Å²) in [6.45, 7) is 4.45. The zero-order valence-corrected chi connectivity index (χ0v) is 15.9. The Kier molecular flexibility index (Phi) is 4.90. The summed E-state index contributed by atoms with van der Waals surface area (Å²) in [5.74, 6) is 0.925. The monoisotopic (exact) mass is 363 g/mol. The number of aromatic nitrogens is 3. The van der Waals surface area contributed by atoms with Gasteiger partial charge in [-0.3, -0.25) is 14.7 Å². The SMILES string of the molecule is CCN(C)C(=O)c1nc([C@@H]2CCCN2Cc2ccccn2)n2ccccc12. The predicted molar refractivity (Wildman–Crippen MR) is 104 cm³/mol. The fraction of sp³-hybridized carbons (Fsp3) is 0.381. The standard InChI is InChI=1S/C21H25N5O/c1-3-24(2)21(27)19-17-10-5-7-14-26(17)20(23-19)18-11-8-13-25(18)15-16-9-4-6-12-22-16/h4-7,9-10,12,14,18H,3,8,11,13,15H2,1-2H3/t18-/m0/s1. The lowest BCUT2D eigenvalue weighted by Crippen LogP contribution is -2.27. The van der Waals surface area contributed by atoms with Crippen molar-refractivity contribution in [2.45, 2.75) is 32.4 Å². The molecule has 1 atom stereocenters. The Morgan fingerprint density at radius 2 is 2.11 bits per heavy atom. The van der Waals surface area contributed by atoms with E-state index in [-0.39, 0.29) is 11.9 Å². The van der Waals surface area contributed by atoms with Gasteiger partial charge in [-0.1, -0.05) is 12.1 Å². The van der Waals surface area contributed by atoms with E-state index >= 15 is 0 Å². The van der Waals surface area contributed by atoms with Crippen LogP contribution in [0.1, 0.15) is 47.8 Å². The minimum Gasteiger partial charge on any atom is -0.341 e. The predicted octanol–water partition coefficient (Wildman–Crippen LogP) is 3.16. The molecule has 1 saturated heterocycles. The van der Waals surface area contributed by atoms with Crippen molar-refractivity contribution in [1.29, 1.82) is 0 Å². The van der Waals surface area contributed by atoms with Crippen LogP contribution >= 0.6 is 0 Å². The Labute approximate surface area is 159 Å². The van der Waals surface area contributed by atoms with Crippen LogP contribution < -0.4 is 0 Å². The number of likely N-dealkylation sites (tertiary alicyclic amines) is 1. The lowest BCUT2D eigenvalue weighted by molar-refractivity contribution is 0.0798. The third-order valence-corrected chi connectivity index (χ3v) is 5.35. The van der Waals surface area contributed by atoms with E-state index < -0.39 is 0 Å². The molecule has 1 aliphatic heterocycles. The summed E-state index contributed by atoms with van der Waals surface area (Å²) in [4.78, 5) is 26.3. The smallest absolute Gasteiger partial charge is 0.274 e. The number of hydrogen-bond donors (Lipinski definition) is 0. The molecule has 3 aromatic rings. The second-order valence-corrected chi connectivity index (χ2v) is 7.04. The lowest BCUT2D eigenvalue weighted by atomic mass is 10.2. The summed E-state index contributed by atoms with van der Waals surface area (Å²) < 4.78 is 2.08. The van der Waals surface area contributed by atoms with Crippen molar-refractivity contribution in [3.8, 4) is 0 Å². The molecule has 0 unspecified atom stereocenters. The van der Waals surface area contributed by atoms with Crippen LogP contribution in [0.25, 0.3) is 5.52 Å². The molecule has 0 saturated carbocycles. The molecule has 4 rings (SSSR count). The average Bonchev–Trinajstić information content (AvgIpc) is 3.32. The van der Waals surface area contributed by atoms with Crippen molar-refractivity contribution in [3.05, 3.63) is 66.0 Å². The van der Waals surface area contributed by atoms with Gasteiger partial charge in [0.2, 0.25) is 0 Å². The van der Waals surface area contributed by atoms with Crippen molar-refractivity contribution in [2.75, 3.05) is 20.1 Å². The van der Waals surface area contributed by atoms with Gasteiger partial charge in [0, 0.05) is 32.5 Å². The summed E-state index contributed by atoms with van der Waals surface area (Å²) in [5.41, 5.74) is 2.48. The molecule has 0 radical (unpaired) electrons. The number of amides is 1. The zero-order chi connectivity index (χ0) is 18.8. The van der Waals surface area contributed by atoms with Crippen molar-refractivity contribution < 1.29 is 4.79 Å². The fourth-order valence-corrected chi connectivity index (χ4v) is 3.79. The van der Waals surface area contributed by atoms with Gasteiger partial charge >= 0.3 is 0 Å². The van der Waals surface area contributed by atoms with E-state index in [0.717, 1.165) is 43.0 Å². The minimum absolute atomic E-state index is 0.0262. The number of pyridine rings is 2. The summed E-state index contributed by atoms with van der Waals surface area (Å²) in [6, 6.07) is 12.1. The maximum atomic E-state index is 12.8. The number of imidazole rings is 1. The first kappa shape index (κ1) is 17.7. The van der Waals surface area contributed by atoms with Crippen molar-refractivity contribution >= 4 is 11.4 Å². The molecule has 140 valence electrons. The quantitative estimate of drug-likeness (QED) is 0.699. The summed E-state index contributed by atoms with van der Waals surface area (Å²) in [6.07, 6.45) is 6.01. The molecular weight excluding hydrogens is 338 g/mol. The maximum Gasteiger partial charge on any atom is 0.274 e. The number of fused-ring (bicyclic) bond motifs is 1. The van der Waals surface area contributed by atoms with Gasteiger partial charge in [-0.2, -0.15) is 0 Å². The van der Waals surface area contributed by atoms with Gasteiger partial charge in [0.05, 0.1) is 17.3 Å². The molecule has 3 aromatic heterocycles. The fourth-order valence-electron chi connectivity index (χ4n) is 3.79. The van der Waals surface area contributed by atoms with Gasteiger partial charge in [-0.05, 0) is 50.6 Å². The van der Waals surface area contributed by atoms with Crippen LogP contribution in [0.15, 0.2) is 48.8 Å². The van der Waals surface area contributed by atoms with Gasteiger partial charge in [-0.15, -0.1) is 0 Å². The highest BCUT2D eigenvalue weighted by molar-refractivity contribution is 5.99. The van der Waals surface area contributed by atoms with E-state index in [1.54, 1.807) is 4.90 Å². The molecule has 1 fully saturated rings. The maximum absolute atomic E-state index is 12.8. The third-order valence-electron chi connectivity index (χ3n) is 5.35. The Bertz CT molecular complexity index is 936. The highest BCUT2D eigenvalue weighted by Crippen LogP contribution is 2.33. The molecule has 4 heterocycles. The molecule has 1 amide bonds. The van der Waals surface area contributed by atoms with Gasteiger partial charge in [0.25, 0.3) is 5.91 Å². The first-order valence-electron chi connectivity index (χ1n) is 9.55. The van der Waals surface area contributed by atoms with Crippen LogP contribution in [0.4, 0.5) is 0 Å². The first-order valence-corrected chi connectivity index (χ1v) is 9.55. The zero-order valence-electron chi connectivity index (χ0n) is 15.9. The Morgan fingerprint density at radius 3 is 2.89 bits per heavy atom. The molecule has 0 bridgehead atoms. The van der Waals surface area contributed by atoms with Crippen LogP contribution in [0.3, 0.4) is 0 Å². The second-order valence-electron chi connectivity index (χ2n) is 7.04. The Morgan fingerprint density at radius 1 is 1.26 bits per heavy atom. The van der Waals surface area contributed by atoms with Gasteiger partial charge in [-0.25, -0.2) is 4.98 Å². The molecule has 27 heavy (non-hydrogen) atoms. The topological polar surface area (TPSA) is 53.7 Å². The Balaban J connectivity index is 1.71. The van der Waals surface area contributed by atoms with E-state index in [9.17, 15) is 4.79 Å². The molecular formula is C21H25N5O. The minimum atomic E-state index is -0.0262. The van der Waals surface area contributed by atoms with E-state index in [0.29, 0.717) is 12.2 Å². The summed E-state index contributed by atoms with van der Waals surface area (Å²) >= 11 is 0. The van der Waals surface area contributed by atoms with E-state index in [1.807, 2.05) is 56.7 Å². The van der Waals surface area contributed by atoms with Crippen LogP contribution in [0.5, 0.6) is 0 Å². The number of carbonyl (C=O) groups is 1. The average molecular weight is 363 g/mol. The lowest BCUT2D eigenvalue weighted by Gasteiger charge is -2.23. The molecule has 1 aliphatic rings. The first-order chi connectivity index (χ1) is 13.2. The molecule has 0 N–H and O–H groups in total. The van der Waals surface area contributed by atoms with Crippen molar-refractivity contribution in [2.24, 2.45) is 0 Å². The number of hydrogen-bond acceptors (Lipinski definition) is 4. The molecule has 0 spiro atoms. The highest BCUT2D eigenvalue weighted by atomic mass is 16.2. The van der Waals surface area contributed by atoms with E-state index in [4.69, 9.17) is 4.98 Å². The van der Waals surface area contributed by atoms with Crippen molar-refractivity contribution in [3.63, 3.8) is 0 Å². The van der Waals surface area contributed by atoms with Gasteiger partial charge < -0.3 is 9.30 Å². The van der Waals surface area contributed by atoms with Gasteiger partial charge in [0.15, 0.2) is 5.69 Å². The number of carbonyl (C=O) groups excluding carboxylic acids is 1. The third kappa shape index (κ3) is 3.32. The van der Waals surface area contributed by atoms with Crippen LogP contribution in [-0.4, -0.2) is 50.2 Å². The van der Waals surface area contributed by atoms with E-state index in [2.05, 4.69) is 20.4 Å². The largest absolute Gasteiger partial charge is 0.341 e.